The first kappa shape index (κ1) is 23.5. The van der Waals surface area contributed by atoms with Crippen molar-refractivity contribution in [2.45, 2.75) is 45.9 Å². The van der Waals surface area contributed by atoms with Crippen LogP contribution in [0, 0.1) is 25.0 Å². The highest BCUT2D eigenvalue weighted by atomic mass is 16.7. The van der Waals surface area contributed by atoms with Gasteiger partial charge in [0.1, 0.15) is 23.9 Å². The Morgan fingerprint density at radius 2 is 1.67 bits per heavy atom. The number of esters is 2. The highest BCUT2D eigenvalue weighted by Gasteiger charge is 2.52. The maximum Gasteiger partial charge on any atom is 0.324 e. The van der Waals surface area contributed by atoms with Gasteiger partial charge in [0.15, 0.2) is 5.92 Å². The van der Waals surface area contributed by atoms with Crippen molar-refractivity contribution < 1.29 is 23.8 Å². The van der Waals surface area contributed by atoms with Crippen LogP contribution in [0.4, 0.5) is 0 Å². The van der Waals surface area contributed by atoms with Crippen LogP contribution in [0.15, 0.2) is 66.9 Å². The van der Waals surface area contributed by atoms with Crippen molar-refractivity contribution >= 4 is 22.8 Å². The third-order valence-electron chi connectivity index (χ3n) is 6.71. The second kappa shape index (κ2) is 8.78. The third kappa shape index (κ3) is 3.98. The van der Waals surface area contributed by atoms with Crippen molar-refractivity contribution in [2.24, 2.45) is 5.92 Å². The smallest absolute Gasteiger partial charge is 0.324 e. The first-order valence-electron chi connectivity index (χ1n) is 11.8. The molecule has 2 aromatic heterocycles. The van der Waals surface area contributed by atoms with Gasteiger partial charge in [-0.05, 0) is 17.2 Å². The van der Waals surface area contributed by atoms with E-state index in [1.807, 2.05) is 66.1 Å². The van der Waals surface area contributed by atoms with Crippen molar-refractivity contribution in [3.05, 3.63) is 100 Å². The Labute approximate surface area is 208 Å². The minimum atomic E-state index is -1.39. The van der Waals surface area contributed by atoms with Crippen LogP contribution in [-0.4, -0.2) is 27.3 Å². The van der Waals surface area contributed by atoms with E-state index in [4.69, 9.17) is 9.47 Å². The molecule has 0 amide bonds. The summed E-state index contributed by atoms with van der Waals surface area (Å²) in [5, 5.41) is 14.5. The van der Waals surface area contributed by atoms with Crippen LogP contribution in [0.2, 0.25) is 0 Å². The Bertz CT molecular complexity index is 1450. The average Bonchev–Trinajstić information content (AvgIpc) is 3.04. The zero-order valence-corrected chi connectivity index (χ0v) is 20.6. The van der Waals surface area contributed by atoms with Gasteiger partial charge in [0.2, 0.25) is 0 Å². The fourth-order valence-electron chi connectivity index (χ4n) is 4.90. The second-order valence-electron chi connectivity index (χ2n) is 9.51. The van der Waals surface area contributed by atoms with Crippen molar-refractivity contribution in [1.82, 2.24) is 9.55 Å². The van der Waals surface area contributed by atoms with Crippen molar-refractivity contribution in [3.8, 4) is 0 Å². The zero-order chi connectivity index (χ0) is 25.6. The molecule has 0 radical (unpaired) electrons. The summed E-state index contributed by atoms with van der Waals surface area (Å²) in [6.07, 6.45) is 1.65. The number of carbonyl (C=O) groups excluding carboxylic acids is 2. The molecule has 1 aliphatic rings. The fraction of sp³-hybridized carbons (Fsp3) is 0.286. The molecular weight excluding hydrogens is 458 g/mol. The lowest BCUT2D eigenvalue weighted by Crippen LogP contribution is -2.50. The molecule has 184 valence electrons. The molecule has 2 aromatic carbocycles. The van der Waals surface area contributed by atoms with Gasteiger partial charge >= 0.3 is 11.9 Å². The summed E-state index contributed by atoms with van der Waals surface area (Å²) in [5.74, 6) is -4.99. The van der Waals surface area contributed by atoms with Gasteiger partial charge in [-0.25, -0.2) is 9.30 Å². The molecule has 0 bridgehead atoms. The van der Waals surface area contributed by atoms with E-state index in [0.29, 0.717) is 23.3 Å². The van der Waals surface area contributed by atoms with E-state index in [1.165, 1.54) is 13.8 Å². The Kier molecular flexibility index (Phi) is 5.74. The van der Waals surface area contributed by atoms with Crippen LogP contribution in [-0.2, 0) is 25.6 Å². The van der Waals surface area contributed by atoms with Gasteiger partial charge in [-0.1, -0.05) is 54.6 Å². The number of carbonyl (C=O) groups is 2. The van der Waals surface area contributed by atoms with Gasteiger partial charge in [0.05, 0.1) is 5.52 Å². The number of imidazole rings is 1. The number of benzene rings is 2. The molecule has 3 heterocycles. The lowest BCUT2D eigenvalue weighted by atomic mass is 9.83. The average molecular weight is 486 g/mol. The molecule has 1 saturated heterocycles. The van der Waals surface area contributed by atoms with E-state index in [1.54, 1.807) is 19.2 Å². The molecule has 1 atom stereocenters. The van der Waals surface area contributed by atoms with E-state index in [-0.39, 0.29) is 5.82 Å². The molecule has 0 N–H and O–H groups in total. The fourth-order valence-corrected chi connectivity index (χ4v) is 4.90. The predicted octanol–water partition coefficient (Wildman–Crippen LogP) is 3.92. The second-order valence-corrected chi connectivity index (χ2v) is 9.51. The molecule has 0 unspecified atom stereocenters. The molecule has 36 heavy (non-hydrogen) atoms. The SMILES string of the molecule is Cc1c(C)[n+]([O-])c([C@@H](c2cccc3cccnc23)C2C(=O)OC(C)(C)OC2=O)n1Cc1ccccc1. The Morgan fingerprint density at radius 3 is 2.36 bits per heavy atom. The number of ether oxygens (including phenoxy) is 2. The summed E-state index contributed by atoms with van der Waals surface area (Å²) in [5.41, 5.74) is 3.36. The van der Waals surface area contributed by atoms with Crippen LogP contribution < -0.4 is 4.73 Å². The largest absolute Gasteiger partial charge is 0.711 e. The Hall–Kier alpha value is -4.20. The topological polar surface area (TPSA) is 97.4 Å². The normalized spacial score (nSPS) is 16.6. The maximum absolute atomic E-state index is 13.7. The van der Waals surface area contributed by atoms with Crippen LogP contribution >= 0.6 is 0 Å². The van der Waals surface area contributed by atoms with Crippen LogP contribution in [0.3, 0.4) is 0 Å². The Balaban J connectivity index is 1.78. The molecule has 0 spiro atoms. The summed E-state index contributed by atoms with van der Waals surface area (Å²) in [7, 11) is 0. The van der Waals surface area contributed by atoms with Gasteiger partial charge in [-0.3, -0.25) is 14.6 Å². The van der Waals surface area contributed by atoms with Crippen molar-refractivity contribution in [1.29, 1.82) is 0 Å². The van der Waals surface area contributed by atoms with E-state index in [2.05, 4.69) is 4.98 Å². The van der Waals surface area contributed by atoms with Gasteiger partial charge < -0.3 is 14.7 Å². The number of fused-ring (bicyclic) bond motifs is 1. The number of aromatic nitrogens is 3. The zero-order valence-electron chi connectivity index (χ0n) is 20.6. The highest BCUT2D eigenvalue weighted by Crippen LogP contribution is 2.40. The minimum absolute atomic E-state index is 0.255. The van der Waals surface area contributed by atoms with Crippen LogP contribution in [0.5, 0.6) is 0 Å². The van der Waals surface area contributed by atoms with Gasteiger partial charge in [-0.2, -0.15) is 0 Å². The highest BCUT2D eigenvalue weighted by molar-refractivity contribution is 5.99. The number of rotatable bonds is 5. The summed E-state index contributed by atoms with van der Waals surface area (Å²) in [6.45, 7) is 6.98. The monoisotopic (exact) mass is 485 g/mol. The molecule has 1 fully saturated rings. The summed E-state index contributed by atoms with van der Waals surface area (Å²) >= 11 is 0. The van der Waals surface area contributed by atoms with Crippen LogP contribution in [0.1, 0.15) is 48.1 Å². The standard InChI is InChI=1S/C28H27N3O5/c1-17-18(2)31(34)25(30(17)16-19-10-6-5-7-11-19)22(23-26(32)35-28(3,4)36-27(23)33)21-14-8-12-20-13-9-15-29-24(20)21/h5-15,22-23H,16H2,1-4H3/t22-/m0/s1. The molecule has 8 heteroatoms. The number of para-hydroxylation sites is 1. The molecule has 0 aliphatic carbocycles. The van der Waals surface area contributed by atoms with E-state index < -0.39 is 29.6 Å². The van der Waals surface area contributed by atoms with Gasteiger partial charge in [0.25, 0.3) is 11.6 Å². The molecule has 8 nitrogen and oxygen atoms in total. The number of pyridine rings is 1. The molecular formula is C28H27N3O5. The number of cyclic esters (lactones) is 2. The predicted molar refractivity (Wildman–Crippen MR) is 132 cm³/mol. The first-order valence-corrected chi connectivity index (χ1v) is 11.8. The number of hydrogen-bond donors (Lipinski definition) is 0. The quantitative estimate of drug-likeness (QED) is 0.184. The lowest BCUT2D eigenvalue weighted by Gasteiger charge is -2.35. The molecule has 5 rings (SSSR count). The maximum atomic E-state index is 13.7. The number of hydrogen-bond acceptors (Lipinski definition) is 6. The minimum Gasteiger partial charge on any atom is -0.711 e. The van der Waals surface area contributed by atoms with E-state index >= 15 is 0 Å². The lowest BCUT2D eigenvalue weighted by molar-refractivity contribution is -0.621. The van der Waals surface area contributed by atoms with Crippen LogP contribution in [0.25, 0.3) is 10.9 Å². The molecule has 4 aromatic rings. The summed E-state index contributed by atoms with van der Waals surface area (Å²) in [4.78, 5) is 31.3. The Morgan fingerprint density at radius 1 is 1.00 bits per heavy atom. The van der Waals surface area contributed by atoms with Gasteiger partial charge in [0, 0.05) is 39.3 Å². The van der Waals surface area contributed by atoms with Crippen molar-refractivity contribution in [3.63, 3.8) is 0 Å². The third-order valence-corrected chi connectivity index (χ3v) is 6.71. The van der Waals surface area contributed by atoms with E-state index in [0.717, 1.165) is 21.4 Å². The number of nitrogens with zero attached hydrogens (tertiary/aromatic N) is 3. The molecule has 1 aliphatic heterocycles. The van der Waals surface area contributed by atoms with E-state index in [9.17, 15) is 14.8 Å². The first-order chi connectivity index (χ1) is 17.2. The van der Waals surface area contributed by atoms with Gasteiger partial charge in [-0.15, -0.1) is 0 Å². The van der Waals surface area contributed by atoms with Crippen molar-refractivity contribution in [2.75, 3.05) is 0 Å². The summed E-state index contributed by atoms with van der Waals surface area (Å²) in [6, 6.07) is 18.9. The molecule has 0 saturated carbocycles. The summed E-state index contributed by atoms with van der Waals surface area (Å²) < 4.78 is 13.7.